The molecular weight excluding hydrogens is 279 g/mol. The zero-order valence-corrected chi connectivity index (χ0v) is 10.1. The lowest BCUT2D eigenvalue weighted by Crippen LogP contribution is -2.32. The van der Waals surface area contributed by atoms with Crippen LogP contribution in [0.3, 0.4) is 0 Å². The summed E-state index contributed by atoms with van der Waals surface area (Å²) in [4.78, 5) is 2.13. The van der Waals surface area contributed by atoms with E-state index in [1.54, 1.807) is 0 Å². The molecule has 0 N–H and O–H groups in total. The second-order valence-corrected chi connectivity index (χ2v) is 5.09. The van der Waals surface area contributed by atoms with Crippen LogP contribution < -0.4 is 0 Å². The van der Waals surface area contributed by atoms with Crippen LogP contribution in [0.15, 0.2) is 0 Å². The summed E-state index contributed by atoms with van der Waals surface area (Å²) >= 11 is 3.45. The third-order valence-electron chi connectivity index (χ3n) is 2.32. The van der Waals surface area contributed by atoms with E-state index in [0.717, 1.165) is 24.7 Å². The molecule has 1 fully saturated rings. The van der Waals surface area contributed by atoms with Crippen LogP contribution in [0.5, 0.6) is 0 Å². The molecule has 0 saturated carbocycles. The molecule has 84 valence electrons. The second-order valence-electron chi connectivity index (χ2n) is 3.28. The van der Waals surface area contributed by atoms with E-state index in [2.05, 4.69) is 20.8 Å². The number of halogens is 4. The fourth-order valence-corrected chi connectivity index (χ4v) is 2.93. The Hall–Kier alpha value is 0.580. The fourth-order valence-electron chi connectivity index (χ4n) is 1.64. The standard InChI is InChI=1S/C8H13BrF3NS/c9-6-7-2-1-3-13(7)4-5-14-8(10,11)12/h7H,1-6H2. The summed E-state index contributed by atoms with van der Waals surface area (Å²) in [5, 5.41) is 0.865. The molecule has 0 amide bonds. The first-order valence-corrected chi connectivity index (χ1v) is 6.64. The van der Waals surface area contributed by atoms with Gasteiger partial charge in [-0.1, -0.05) is 15.9 Å². The van der Waals surface area contributed by atoms with Crippen molar-refractivity contribution in [2.24, 2.45) is 0 Å². The molecule has 0 aromatic rings. The quantitative estimate of drug-likeness (QED) is 0.733. The van der Waals surface area contributed by atoms with Crippen molar-refractivity contribution >= 4 is 27.7 Å². The molecule has 14 heavy (non-hydrogen) atoms. The average Bonchev–Trinajstić information content (AvgIpc) is 2.49. The maximum Gasteiger partial charge on any atom is 0.441 e. The van der Waals surface area contributed by atoms with Crippen LogP contribution in [0.1, 0.15) is 12.8 Å². The van der Waals surface area contributed by atoms with E-state index in [-0.39, 0.29) is 17.5 Å². The minimum Gasteiger partial charge on any atom is -0.299 e. The van der Waals surface area contributed by atoms with E-state index in [9.17, 15) is 13.2 Å². The van der Waals surface area contributed by atoms with E-state index < -0.39 is 5.51 Å². The summed E-state index contributed by atoms with van der Waals surface area (Å²) in [7, 11) is 0. The molecule has 0 aromatic carbocycles. The van der Waals surface area contributed by atoms with Crippen LogP contribution in [0, 0.1) is 0 Å². The molecule has 6 heteroatoms. The van der Waals surface area contributed by atoms with Crippen molar-refractivity contribution in [3.63, 3.8) is 0 Å². The van der Waals surface area contributed by atoms with Gasteiger partial charge in [-0.25, -0.2) is 0 Å². The van der Waals surface area contributed by atoms with Gasteiger partial charge in [-0.15, -0.1) is 0 Å². The summed E-state index contributed by atoms with van der Waals surface area (Å²) in [5.41, 5.74) is -4.08. The summed E-state index contributed by atoms with van der Waals surface area (Å²) in [5.74, 6) is 0.146. The van der Waals surface area contributed by atoms with Crippen LogP contribution in [0.4, 0.5) is 13.2 Å². The zero-order chi connectivity index (χ0) is 10.6. The molecule has 1 heterocycles. The molecule has 1 unspecified atom stereocenters. The molecule has 1 rings (SSSR count). The number of nitrogens with zero attached hydrogens (tertiary/aromatic N) is 1. The van der Waals surface area contributed by atoms with Gasteiger partial charge >= 0.3 is 5.51 Å². The van der Waals surface area contributed by atoms with Crippen molar-refractivity contribution in [3.8, 4) is 0 Å². The SMILES string of the molecule is FC(F)(F)SCCN1CCCC1CBr. The highest BCUT2D eigenvalue weighted by molar-refractivity contribution is 9.09. The van der Waals surface area contributed by atoms with Crippen molar-refractivity contribution in [3.05, 3.63) is 0 Å². The second kappa shape index (κ2) is 5.61. The summed E-state index contributed by atoms with van der Waals surface area (Å²) in [6.07, 6.45) is 2.20. The molecule has 1 atom stereocenters. The number of hydrogen-bond donors (Lipinski definition) is 0. The number of alkyl halides is 4. The minimum atomic E-state index is -4.08. The molecule has 0 aliphatic carbocycles. The first-order valence-electron chi connectivity index (χ1n) is 4.53. The van der Waals surface area contributed by atoms with Gasteiger partial charge in [0.2, 0.25) is 0 Å². The van der Waals surface area contributed by atoms with Gasteiger partial charge < -0.3 is 0 Å². The van der Waals surface area contributed by atoms with Gasteiger partial charge in [0.1, 0.15) is 0 Å². The highest BCUT2D eigenvalue weighted by Crippen LogP contribution is 2.30. The lowest BCUT2D eigenvalue weighted by molar-refractivity contribution is -0.0328. The van der Waals surface area contributed by atoms with E-state index in [1.165, 1.54) is 0 Å². The number of likely N-dealkylation sites (tertiary alicyclic amines) is 1. The van der Waals surface area contributed by atoms with Crippen LogP contribution >= 0.6 is 27.7 Å². The molecule has 0 radical (unpaired) electrons. The van der Waals surface area contributed by atoms with E-state index in [0.29, 0.717) is 12.6 Å². The van der Waals surface area contributed by atoms with Crippen LogP contribution in [-0.4, -0.2) is 40.6 Å². The third kappa shape index (κ3) is 4.40. The Morgan fingerprint density at radius 2 is 2.14 bits per heavy atom. The van der Waals surface area contributed by atoms with Gasteiger partial charge in [0, 0.05) is 23.7 Å². The summed E-state index contributed by atoms with van der Waals surface area (Å²) in [6, 6.07) is 0.434. The first kappa shape index (κ1) is 12.6. The minimum absolute atomic E-state index is 0.0760. The summed E-state index contributed by atoms with van der Waals surface area (Å²) < 4.78 is 35.5. The molecule has 0 bridgehead atoms. The third-order valence-corrected chi connectivity index (χ3v) is 3.78. The number of rotatable bonds is 4. The Balaban J connectivity index is 2.18. The van der Waals surface area contributed by atoms with Crippen LogP contribution in [0.25, 0.3) is 0 Å². The van der Waals surface area contributed by atoms with Gasteiger partial charge in [-0.3, -0.25) is 4.90 Å². The molecule has 1 nitrogen and oxygen atoms in total. The Labute approximate surface area is 94.5 Å². The molecule has 1 aliphatic heterocycles. The van der Waals surface area contributed by atoms with E-state index >= 15 is 0 Å². The highest BCUT2D eigenvalue weighted by Gasteiger charge is 2.29. The smallest absolute Gasteiger partial charge is 0.299 e. The predicted octanol–water partition coefficient (Wildman–Crippen LogP) is 3.10. The van der Waals surface area contributed by atoms with E-state index in [4.69, 9.17) is 0 Å². The lowest BCUT2D eigenvalue weighted by atomic mass is 10.2. The Morgan fingerprint density at radius 3 is 2.71 bits per heavy atom. The zero-order valence-electron chi connectivity index (χ0n) is 7.69. The number of thioether (sulfide) groups is 1. The Bertz CT molecular complexity index is 176. The van der Waals surface area contributed by atoms with Crippen molar-refractivity contribution in [2.75, 3.05) is 24.2 Å². The summed E-state index contributed by atoms with van der Waals surface area (Å²) in [6.45, 7) is 1.48. The van der Waals surface area contributed by atoms with Crippen LogP contribution in [0.2, 0.25) is 0 Å². The topological polar surface area (TPSA) is 3.24 Å². The molecule has 0 aromatic heterocycles. The predicted molar refractivity (Wildman–Crippen MR) is 56.9 cm³/mol. The monoisotopic (exact) mass is 291 g/mol. The highest BCUT2D eigenvalue weighted by atomic mass is 79.9. The van der Waals surface area contributed by atoms with Crippen molar-refractivity contribution in [1.82, 2.24) is 4.90 Å². The molecular formula is C8H13BrF3NS. The largest absolute Gasteiger partial charge is 0.441 e. The first-order chi connectivity index (χ1) is 6.53. The van der Waals surface area contributed by atoms with Gasteiger partial charge in [-0.2, -0.15) is 13.2 Å². The van der Waals surface area contributed by atoms with Gasteiger partial charge in [0.15, 0.2) is 0 Å². The fraction of sp³-hybridized carbons (Fsp3) is 1.00. The molecule has 1 aliphatic rings. The van der Waals surface area contributed by atoms with Gasteiger partial charge in [0.05, 0.1) is 0 Å². The van der Waals surface area contributed by atoms with E-state index in [1.807, 2.05) is 0 Å². The van der Waals surface area contributed by atoms with Gasteiger partial charge in [-0.05, 0) is 31.1 Å². The molecule has 1 saturated heterocycles. The average molecular weight is 292 g/mol. The normalized spacial score (nSPS) is 24.4. The Kier molecular flexibility index (Phi) is 5.06. The lowest BCUT2D eigenvalue weighted by Gasteiger charge is -2.22. The van der Waals surface area contributed by atoms with Crippen molar-refractivity contribution in [1.29, 1.82) is 0 Å². The van der Waals surface area contributed by atoms with Crippen LogP contribution in [-0.2, 0) is 0 Å². The van der Waals surface area contributed by atoms with Gasteiger partial charge in [0.25, 0.3) is 0 Å². The van der Waals surface area contributed by atoms with Crippen molar-refractivity contribution in [2.45, 2.75) is 24.4 Å². The maximum absolute atomic E-state index is 11.8. The Morgan fingerprint density at radius 1 is 1.43 bits per heavy atom. The maximum atomic E-state index is 11.8. The molecule has 0 spiro atoms. The van der Waals surface area contributed by atoms with Crippen molar-refractivity contribution < 1.29 is 13.2 Å². The number of hydrogen-bond acceptors (Lipinski definition) is 2.